The van der Waals surface area contributed by atoms with E-state index in [1.807, 2.05) is 42.5 Å². The second-order valence-corrected chi connectivity index (χ2v) is 4.50. The predicted octanol–water partition coefficient (Wildman–Crippen LogP) is 3.85. The molecule has 0 saturated carbocycles. The van der Waals surface area contributed by atoms with Crippen LogP contribution in [0.1, 0.15) is 0 Å². The SMILES string of the molecule is O=CC1C=CC(=Nc2ccc3ccccc3c2)C=C1. The van der Waals surface area contributed by atoms with Gasteiger partial charge in [-0.1, -0.05) is 42.5 Å². The van der Waals surface area contributed by atoms with Crippen molar-refractivity contribution in [3.8, 4) is 0 Å². The fourth-order valence-electron chi connectivity index (χ4n) is 2.10. The van der Waals surface area contributed by atoms with E-state index in [-0.39, 0.29) is 5.92 Å². The highest BCUT2D eigenvalue weighted by atomic mass is 16.1. The zero-order chi connectivity index (χ0) is 13.1. The topological polar surface area (TPSA) is 29.4 Å². The van der Waals surface area contributed by atoms with Crippen molar-refractivity contribution in [2.45, 2.75) is 0 Å². The fraction of sp³-hybridized carbons (Fsp3) is 0.0588. The predicted molar refractivity (Wildman–Crippen MR) is 78.9 cm³/mol. The zero-order valence-electron chi connectivity index (χ0n) is 10.4. The molecule has 2 heteroatoms. The summed E-state index contributed by atoms with van der Waals surface area (Å²) in [5.41, 5.74) is 1.79. The molecule has 0 unspecified atom stereocenters. The van der Waals surface area contributed by atoms with Crippen LogP contribution < -0.4 is 0 Å². The Labute approximate surface area is 111 Å². The Balaban J connectivity index is 1.93. The number of carbonyl (C=O) groups is 1. The van der Waals surface area contributed by atoms with Crippen molar-refractivity contribution in [1.82, 2.24) is 0 Å². The number of benzene rings is 2. The molecule has 2 aromatic rings. The highest BCUT2D eigenvalue weighted by molar-refractivity contribution is 6.07. The van der Waals surface area contributed by atoms with E-state index >= 15 is 0 Å². The molecule has 0 heterocycles. The van der Waals surface area contributed by atoms with Crippen LogP contribution in [0.2, 0.25) is 0 Å². The van der Waals surface area contributed by atoms with Crippen molar-refractivity contribution < 1.29 is 4.79 Å². The lowest BCUT2D eigenvalue weighted by Crippen LogP contribution is -2.01. The highest BCUT2D eigenvalue weighted by Crippen LogP contribution is 2.21. The van der Waals surface area contributed by atoms with Crippen molar-refractivity contribution in [2.75, 3.05) is 0 Å². The van der Waals surface area contributed by atoms with E-state index in [4.69, 9.17) is 0 Å². The lowest BCUT2D eigenvalue weighted by atomic mass is 10.0. The number of aliphatic imine (C=N–C) groups is 1. The van der Waals surface area contributed by atoms with Gasteiger partial charge in [-0.2, -0.15) is 0 Å². The van der Waals surface area contributed by atoms with Crippen LogP contribution in [0.3, 0.4) is 0 Å². The van der Waals surface area contributed by atoms with Crippen LogP contribution in [-0.4, -0.2) is 12.0 Å². The van der Waals surface area contributed by atoms with Crippen LogP contribution in [0.4, 0.5) is 5.69 Å². The average molecular weight is 247 g/mol. The van der Waals surface area contributed by atoms with Gasteiger partial charge in [0.1, 0.15) is 6.29 Å². The summed E-state index contributed by atoms with van der Waals surface area (Å²) in [5.74, 6) is -0.115. The minimum atomic E-state index is -0.115. The first kappa shape index (κ1) is 11.6. The summed E-state index contributed by atoms with van der Waals surface area (Å²) in [6.45, 7) is 0. The summed E-state index contributed by atoms with van der Waals surface area (Å²) in [6.07, 6.45) is 8.39. The van der Waals surface area contributed by atoms with Crippen LogP contribution in [0.15, 0.2) is 71.8 Å². The van der Waals surface area contributed by atoms with Crippen LogP contribution >= 0.6 is 0 Å². The molecular weight excluding hydrogens is 234 g/mol. The van der Waals surface area contributed by atoms with Crippen molar-refractivity contribution in [3.63, 3.8) is 0 Å². The maximum Gasteiger partial charge on any atom is 0.130 e. The Morgan fingerprint density at radius 2 is 1.68 bits per heavy atom. The van der Waals surface area contributed by atoms with E-state index < -0.39 is 0 Å². The maximum absolute atomic E-state index is 10.6. The first-order valence-corrected chi connectivity index (χ1v) is 6.24. The third-order valence-corrected chi connectivity index (χ3v) is 3.13. The first-order valence-electron chi connectivity index (χ1n) is 6.24. The quantitative estimate of drug-likeness (QED) is 0.741. The number of allylic oxidation sites excluding steroid dienone is 4. The molecule has 0 N–H and O–H groups in total. The lowest BCUT2D eigenvalue weighted by Gasteiger charge is -2.05. The van der Waals surface area contributed by atoms with Crippen LogP contribution in [0, 0.1) is 5.92 Å². The summed E-state index contributed by atoms with van der Waals surface area (Å²) >= 11 is 0. The van der Waals surface area contributed by atoms with Gasteiger partial charge in [0.05, 0.1) is 17.3 Å². The molecule has 0 aliphatic heterocycles. The van der Waals surface area contributed by atoms with E-state index in [2.05, 4.69) is 29.3 Å². The summed E-state index contributed by atoms with van der Waals surface area (Å²) in [7, 11) is 0. The first-order chi connectivity index (χ1) is 9.35. The summed E-state index contributed by atoms with van der Waals surface area (Å²) in [5, 5.41) is 2.39. The number of hydrogen-bond acceptors (Lipinski definition) is 2. The minimum absolute atomic E-state index is 0.115. The molecule has 0 aromatic heterocycles. The van der Waals surface area contributed by atoms with Crippen molar-refractivity contribution in [2.24, 2.45) is 10.9 Å². The molecule has 1 aliphatic rings. The smallest absolute Gasteiger partial charge is 0.130 e. The minimum Gasteiger partial charge on any atom is -0.302 e. The molecule has 3 rings (SSSR count). The molecule has 0 amide bonds. The normalized spacial score (nSPS) is 17.7. The Bertz CT molecular complexity index is 694. The van der Waals surface area contributed by atoms with Crippen LogP contribution in [0.25, 0.3) is 10.8 Å². The largest absolute Gasteiger partial charge is 0.302 e. The number of hydrogen-bond donors (Lipinski definition) is 0. The number of nitrogens with zero attached hydrogens (tertiary/aromatic N) is 1. The van der Waals surface area contributed by atoms with Crippen molar-refractivity contribution >= 4 is 28.5 Å². The summed E-state index contributed by atoms with van der Waals surface area (Å²) in [6, 6.07) is 14.3. The van der Waals surface area contributed by atoms with E-state index in [0.29, 0.717) is 0 Å². The van der Waals surface area contributed by atoms with Crippen LogP contribution in [0.5, 0.6) is 0 Å². The molecule has 0 fully saturated rings. The van der Waals surface area contributed by atoms with Gasteiger partial charge >= 0.3 is 0 Å². The van der Waals surface area contributed by atoms with Gasteiger partial charge in [-0.15, -0.1) is 0 Å². The molecule has 92 valence electrons. The van der Waals surface area contributed by atoms with E-state index in [1.165, 1.54) is 10.8 Å². The van der Waals surface area contributed by atoms with Gasteiger partial charge in [0, 0.05) is 0 Å². The van der Waals surface area contributed by atoms with Crippen molar-refractivity contribution in [3.05, 3.63) is 66.8 Å². The van der Waals surface area contributed by atoms with E-state index in [0.717, 1.165) is 17.7 Å². The molecule has 0 bridgehead atoms. The maximum atomic E-state index is 10.6. The third kappa shape index (κ3) is 2.52. The second kappa shape index (κ2) is 5.02. The Hall–Kier alpha value is -2.48. The monoisotopic (exact) mass is 247 g/mol. The number of rotatable bonds is 2. The molecule has 2 nitrogen and oxygen atoms in total. The highest BCUT2D eigenvalue weighted by Gasteiger charge is 2.03. The van der Waals surface area contributed by atoms with Crippen molar-refractivity contribution in [1.29, 1.82) is 0 Å². The molecule has 0 radical (unpaired) electrons. The van der Waals surface area contributed by atoms with Gasteiger partial charge in [0.2, 0.25) is 0 Å². The van der Waals surface area contributed by atoms with Gasteiger partial charge in [-0.25, -0.2) is 4.99 Å². The number of fused-ring (bicyclic) bond motifs is 1. The molecule has 0 spiro atoms. The molecular formula is C17H13NO. The molecule has 0 atom stereocenters. The van der Waals surface area contributed by atoms with Gasteiger partial charge in [-0.3, -0.25) is 0 Å². The number of aldehydes is 1. The fourth-order valence-corrected chi connectivity index (χ4v) is 2.10. The van der Waals surface area contributed by atoms with Gasteiger partial charge < -0.3 is 4.79 Å². The lowest BCUT2D eigenvalue weighted by molar-refractivity contribution is -0.108. The second-order valence-electron chi connectivity index (χ2n) is 4.50. The third-order valence-electron chi connectivity index (χ3n) is 3.13. The number of carbonyl (C=O) groups excluding carboxylic acids is 1. The van der Waals surface area contributed by atoms with Gasteiger partial charge in [0.25, 0.3) is 0 Å². The van der Waals surface area contributed by atoms with E-state index in [9.17, 15) is 4.79 Å². The van der Waals surface area contributed by atoms with Crippen LogP contribution in [-0.2, 0) is 4.79 Å². The molecule has 19 heavy (non-hydrogen) atoms. The average Bonchev–Trinajstić information content (AvgIpc) is 2.48. The molecule has 1 aliphatic carbocycles. The Morgan fingerprint density at radius 1 is 0.947 bits per heavy atom. The van der Waals surface area contributed by atoms with Gasteiger partial charge in [0.15, 0.2) is 0 Å². The van der Waals surface area contributed by atoms with Gasteiger partial charge in [-0.05, 0) is 35.1 Å². The zero-order valence-corrected chi connectivity index (χ0v) is 10.4. The summed E-state index contributed by atoms with van der Waals surface area (Å²) < 4.78 is 0. The molecule has 2 aromatic carbocycles. The van der Waals surface area contributed by atoms with E-state index in [1.54, 1.807) is 0 Å². The Kier molecular flexibility index (Phi) is 3.07. The standard InChI is InChI=1S/C17H13NO/c19-12-13-5-8-16(9-6-13)18-17-10-7-14-3-1-2-4-15(14)11-17/h1-13H. The Morgan fingerprint density at radius 3 is 2.42 bits per heavy atom. The molecule has 0 saturated heterocycles. The summed E-state index contributed by atoms with van der Waals surface area (Å²) in [4.78, 5) is 15.2.